The number of aromatic nitrogens is 5. The fraction of sp³-hybridized carbons (Fsp3) is 0.412. The summed E-state index contributed by atoms with van der Waals surface area (Å²) in [6, 6.07) is 3.88. The Morgan fingerprint density at radius 1 is 1.38 bits per heavy atom. The Balaban J connectivity index is 1.56. The molecule has 0 saturated heterocycles. The molecule has 7 heteroatoms. The van der Waals surface area contributed by atoms with Gasteiger partial charge in [-0.3, -0.25) is 14.2 Å². The number of carbonyl (C=O) groups is 1. The number of rotatable bonds is 5. The van der Waals surface area contributed by atoms with Crippen molar-refractivity contribution in [3.63, 3.8) is 0 Å². The van der Waals surface area contributed by atoms with Gasteiger partial charge in [0.25, 0.3) is 5.91 Å². The van der Waals surface area contributed by atoms with Gasteiger partial charge in [0.1, 0.15) is 0 Å². The molecule has 0 spiro atoms. The number of pyridine rings is 1. The van der Waals surface area contributed by atoms with Gasteiger partial charge in [-0.2, -0.15) is 10.2 Å². The van der Waals surface area contributed by atoms with Crippen LogP contribution >= 0.6 is 0 Å². The molecule has 3 aromatic heterocycles. The molecule has 4 rings (SSSR count). The van der Waals surface area contributed by atoms with Gasteiger partial charge in [-0.15, -0.1) is 0 Å². The van der Waals surface area contributed by atoms with Gasteiger partial charge in [0.2, 0.25) is 0 Å². The van der Waals surface area contributed by atoms with Gasteiger partial charge >= 0.3 is 0 Å². The van der Waals surface area contributed by atoms with E-state index in [1.54, 1.807) is 17.1 Å². The molecule has 0 atom stereocenters. The lowest BCUT2D eigenvalue weighted by Gasteiger charge is -2.09. The van der Waals surface area contributed by atoms with Crippen LogP contribution in [0.3, 0.4) is 0 Å². The second kappa shape index (κ2) is 5.74. The highest BCUT2D eigenvalue weighted by atomic mass is 16.1. The smallest absolute Gasteiger partial charge is 0.252 e. The second-order valence-electron chi connectivity index (χ2n) is 6.33. The van der Waals surface area contributed by atoms with Crippen LogP contribution in [0.15, 0.2) is 24.5 Å². The highest BCUT2D eigenvalue weighted by Gasteiger charge is 2.27. The molecule has 1 fully saturated rings. The minimum Gasteiger partial charge on any atom is -0.350 e. The van der Waals surface area contributed by atoms with Crippen molar-refractivity contribution in [2.75, 3.05) is 6.54 Å². The van der Waals surface area contributed by atoms with Crippen molar-refractivity contribution < 1.29 is 4.79 Å². The summed E-state index contributed by atoms with van der Waals surface area (Å²) in [6.07, 6.45) is 5.78. The third-order valence-electron chi connectivity index (χ3n) is 4.50. The molecule has 124 valence electrons. The van der Waals surface area contributed by atoms with Crippen LogP contribution in [0.2, 0.25) is 0 Å². The molecule has 1 amide bonds. The van der Waals surface area contributed by atoms with Crippen LogP contribution in [0.4, 0.5) is 0 Å². The van der Waals surface area contributed by atoms with E-state index >= 15 is 0 Å². The zero-order valence-corrected chi connectivity index (χ0v) is 13.9. The first-order valence-corrected chi connectivity index (χ1v) is 8.23. The molecule has 7 nitrogen and oxygen atoms in total. The van der Waals surface area contributed by atoms with Crippen LogP contribution in [-0.2, 0) is 13.6 Å². The largest absolute Gasteiger partial charge is 0.350 e. The van der Waals surface area contributed by atoms with Crippen LogP contribution in [0, 0.1) is 6.92 Å². The summed E-state index contributed by atoms with van der Waals surface area (Å²) in [5.74, 6) is 0.407. The maximum absolute atomic E-state index is 12.7. The Morgan fingerprint density at radius 3 is 2.92 bits per heavy atom. The number of hydrogen-bond acceptors (Lipinski definition) is 4. The lowest BCUT2D eigenvalue weighted by molar-refractivity contribution is 0.0953. The monoisotopic (exact) mass is 324 g/mol. The van der Waals surface area contributed by atoms with Crippen LogP contribution < -0.4 is 5.32 Å². The second-order valence-corrected chi connectivity index (χ2v) is 6.33. The molecule has 3 heterocycles. The summed E-state index contributed by atoms with van der Waals surface area (Å²) in [5, 5.41) is 12.3. The summed E-state index contributed by atoms with van der Waals surface area (Å²) >= 11 is 0. The van der Waals surface area contributed by atoms with Gasteiger partial charge in [0.05, 0.1) is 23.7 Å². The molecular weight excluding hydrogens is 304 g/mol. The van der Waals surface area contributed by atoms with Crippen molar-refractivity contribution in [2.45, 2.75) is 32.2 Å². The molecular formula is C17H20N6O. The van der Waals surface area contributed by atoms with E-state index in [0.29, 0.717) is 24.6 Å². The van der Waals surface area contributed by atoms with E-state index < -0.39 is 0 Å². The van der Waals surface area contributed by atoms with Gasteiger partial charge in [-0.25, -0.2) is 4.98 Å². The zero-order chi connectivity index (χ0) is 16.7. The van der Waals surface area contributed by atoms with E-state index in [-0.39, 0.29) is 5.91 Å². The quantitative estimate of drug-likeness (QED) is 0.776. The number of nitrogens with zero attached hydrogens (tertiary/aromatic N) is 5. The van der Waals surface area contributed by atoms with Gasteiger partial charge in [0, 0.05) is 37.1 Å². The summed E-state index contributed by atoms with van der Waals surface area (Å²) in [5.41, 5.74) is 3.51. The van der Waals surface area contributed by atoms with Gasteiger partial charge < -0.3 is 5.32 Å². The molecule has 1 aliphatic carbocycles. The molecule has 3 aromatic rings. The summed E-state index contributed by atoms with van der Waals surface area (Å²) in [4.78, 5) is 17.3. The van der Waals surface area contributed by atoms with E-state index in [2.05, 4.69) is 20.5 Å². The summed E-state index contributed by atoms with van der Waals surface area (Å²) < 4.78 is 3.60. The van der Waals surface area contributed by atoms with Crippen molar-refractivity contribution in [2.24, 2.45) is 7.05 Å². The fourth-order valence-corrected chi connectivity index (χ4v) is 2.91. The number of amides is 1. The van der Waals surface area contributed by atoms with E-state index in [4.69, 9.17) is 0 Å². The summed E-state index contributed by atoms with van der Waals surface area (Å²) in [7, 11) is 1.86. The Hall–Kier alpha value is -2.70. The molecule has 0 bridgehead atoms. The highest BCUT2D eigenvalue weighted by molar-refractivity contribution is 6.05. The predicted octanol–water partition coefficient (Wildman–Crippen LogP) is 1.78. The SMILES string of the molecule is Cc1ccnn1CCNC(=O)c1cc(C2CC2)nc2c1cnn2C. The van der Waals surface area contributed by atoms with Crippen molar-refractivity contribution in [1.29, 1.82) is 0 Å². The minimum atomic E-state index is -0.0814. The first-order chi connectivity index (χ1) is 11.6. The van der Waals surface area contributed by atoms with Crippen molar-refractivity contribution in [3.05, 3.63) is 41.5 Å². The third-order valence-corrected chi connectivity index (χ3v) is 4.50. The van der Waals surface area contributed by atoms with Crippen molar-refractivity contribution in [1.82, 2.24) is 29.9 Å². The van der Waals surface area contributed by atoms with Crippen LogP contribution in [-0.4, -0.2) is 37.0 Å². The Labute approximate surface area is 139 Å². The predicted molar refractivity (Wildman–Crippen MR) is 89.8 cm³/mol. The third kappa shape index (κ3) is 2.66. The molecule has 0 aromatic carbocycles. The lowest BCUT2D eigenvalue weighted by Crippen LogP contribution is -2.28. The topological polar surface area (TPSA) is 77.6 Å². The maximum atomic E-state index is 12.7. The van der Waals surface area contributed by atoms with Gasteiger partial charge in [0.15, 0.2) is 5.65 Å². The normalized spacial score (nSPS) is 14.2. The average molecular weight is 324 g/mol. The Morgan fingerprint density at radius 2 is 2.21 bits per heavy atom. The minimum absolute atomic E-state index is 0.0814. The molecule has 24 heavy (non-hydrogen) atoms. The zero-order valence-electron chi connectivity index (χ0n) is 13.9. The molecule has 1 saturated carbocycles. The number of aryl methyl sites for hydroxylation is 2. The first-order valence-electron chi connectivity index (χ1n) is 8.23. The standard InChI is InChI=1S/C17H20N6O/c1-11-5-6-19-23(11)8-7-18-17(24)13-9-15(12-3-4-12)21-16-14(13)10-20-22(16)2/h5-6,9-10,12H,3-4,7-8H2,1-2H3,(H,18,24). The van der Waals surface area contributed by atoms with E-state index in [1.165, 1.54) is 0 Å². The van der Waals surface area contributed by atoms with Crippen LogP contribution in [0.25, 0.3) is 11.0 Å². The number of fused-ring (bicyclic) bond motifs is 1. The van der Waals surface area contributed by atoms with Gasteiger partial charge in [-0.05, 0) is 31.9 Å². The highest BCUT2D eigenvalue weighted by Crippen LogP contribution is 2.40. The molecule has 0 unspecified atom stereocenters. The number of hydrogen-bond donors (Lipinski definition) is 1. The lowest BCUT2D eigenvalue weighted by atomic mass is 10.1. The summed E-state index contributed by atoms with van der Waals surface area (Å²) in [6.45, 7) is 3.18. The van der Waals surface area contributed by atoms with E-state index in [0.717, 1.165) is 35.3 Å². The Kier molecular flexibility index (Phi) is 3.55. The van der Waals surface area contributed by atoms with Crippen LogP contribution in [0.1, 0.15) is 40.5 Å². The maximum Gasteiger partial charge on any atom is 0.252 e. The average Bonchev–Trinajstić information content (AvgIpc) is 3.26. The fourth-order valence-electron chi connectivity index (χ4n) is 2.91. The van der Waals surface area contributed by atoms with Gasteiger partial charge in [-0.1, -0.05) is 0 Å². The van der Waals surface area contributed by atoms with E-state index in [1.807, 2.05) is 30.8 Å². The molecule has 0 aliphatic heterocycles. The Bertz CT molecular complexity index is 905. The number of nitrogens with one attached hydrogen (secondary N) is 1. The number of carbonyl (C=O) groups excluding carboxylic acids is 1. The van der Waals surface area contributed by atoms with Crippen molar-refractivity contribution >= 4 is 16.9 Å². The van der Waals surface area contributed by atoms with Crippen molar-refractivity contribution in [3.8, 4) is 0 Å². The molecule has 1 N–H and O–H groups in total. The van der Waals surface area contributed by atoms with Crippen LogP contribution in [0.5, 0.6) is 0 Å². The van der Waals surface area contributed by atoms with E-state index in [9.17, 15) is 4.79 Å². The molecule has 0 radical (unpaired) electrons. The molecule has 1 aliphatic rings. The first kappa shape index (κ1) is 14.9.